The number of nitrogens with one attached hydrogen (secondary N) is 6. The summed E-state index contributed by atoms with van der Waals surface area (Å²) in [5.41, 5.74) is 1.23. The van der Waals surface area contributed by atoms with Gasteiger partial charge in [0, 0.05) is 17.7 Å². The molecule has 3 fully saturated rings. The molecule has 15 heteroatoms. The minimum absolute atomic E-state index is 0.0244. The van der Waals surface area contributed by atoms with Crippen LogP contribution in [-0.2, 0) is 48.0 Å². The first-order chi connectivity index (χ1) is 34.4. The number of hydrogen-bond acceptors (Lipinski definition) is 15. The first kappa shape index (κ1) is 66.5. The van der Waals surface area contributed by atoms with E-state index in [2.05, 4.69) is 49.4 Å². The Morgan fingerprint density at radius 3 is 1.17 bits per heavy atom. The zero-order valence-corrected chi connectivity index (χ0v) is 47.9. The molecular weight excluding hydrogens is 945 g/mol. The van der Waals surface area contributed by atoms with Gasteiger partial charge in [-0.25, -0.2) is 0 Å². The molecule has 6 N–H and O–H groups in total. The average Bonchev–Trinajstić information content (AvgIpc) is 4.22. The van der Waals surface area contributed by atoms with E-state index >= 15 is 0 Å². The number of rotatable bonds is 24. The van der Waals surface area contributed by atoms with Gasteiger partial charge in [0.1, 0.15) is 40.5 Å². The zero-order valence-electron chi connectivity index (χ0n) is 46.3. The van der Waals surface area contributed by atoms with Gasteiger partial charge in [-0.05, 0) is 173 Å². The molecule has 6 atom stereocenters. The third kappa shape index (κ3) is 29.4. The van der Waals surface area contributed by atoms with E-state index in [1.165, 1.54) is 87.5 Å². The molecule has 0 aliphatic heterocycles. The van der Waals surface area contributed by atoms with E-state index in [-0.39, 0.29) is 71.0 Å². The number of likely N-dealkylation sites (N-methyl/N-ethyl adjacent to an activating group) is 6. The van der Waals surface area contributed by atoms with Crippen molar-refractivity contribution in [1.82, 2.24) is 31.9 Å². The maximum atomic E-state index is 11.2. The Bertz CT molecular complexity index is 1750. The van der Waals surface area contributed by atoms with Crippen molar-refractivity contribution in [3.8, 4) is 0 Å². The summed E-state index contributed by atoms with van der Waals surface area (Å²) in [5.74, 6) is 4.61. The second-order valence-corrected chi connectivity index (χ2v) is 21.6. The molecule has 6 rings (SSSR count). The minimum Gasteiger partial charge on any atom is -0.469 e. The van der Waals surface area contributed by atoms with E-state index in [9.17, 15) is 28.8 Å². The molecule has 3 heterocycles. The summed E-state index contributed by atoms with van der Waals surface area (Å²) < 4.78 is 5.12. The maximum absolute atomic E-state index is 11.2. The smallest absolute Gasteiger partial charge is 0.147 e. The fraction of sp³-hybridized carbons (Fsp3) is 0.684. The normalized spacial score (nSPS) is 17.0. The van der Waals surface area contributed by atoms with Crippen molar-refractivity contribution in [1.29, 1.82) is 0 Å². The van der Waals surface area contributed by atoms with Gasteiger partial charge in [0.05, 0.1) is 42.5 Å². The van der Waals surface area contributed by atoms with Crippen LogP contribution in [0, 0.1) is 17.8 Å². The predicted molar refractivity (Wildman–Crippen MR) is 299 cm³/mol. The van der Waals surface area contributed by atoms with Crippen LogP contribution in [0.5, 0.6) is 0 Å². The van der Waals surface area contributed by atoms with Crippen LogP contribution in [-0.4, -0.2) is 113 Å². The lowest BCUT2D eigenvalue weighted by atomic mass is 9.80. The molecule has 3 aliphatic carbocycles. The quantitative estimate of drug-likeness (QED) is 0.0499. The Kier molecular flexibility index (Phi) is 36.8. The predicted octanol–water partition coefficient (Wildman–Crippen LogP) is 9.17. The molecule has 3 aromatic rings. The molecule has 0 spiro atoms. The van der Waals surface area contributed by atoms with Crippen molar-refractivity contribution < 1.29 is 33.2 Å². The summed E-state index contributed by atoms with van der Waals surface area (Å²) in [5, 5.41) is 24.3. The van der Waals surface area contributed by atoms with E-state index in [0.29, 0.717) is 6.42 Å². The molecule has 0 aromatic carbocycles. The first-order valence-electron chi connectivity index (χ1n) is 26.5. The Labute approximate surface area is 442 Å². The Morgan fingerprint density at radius 1 is 0.472 bits per heavy atom. The van der Waals surface area contributed by atoms with Crippen molar-refractivity contribution in [2.75, 3.05) is 42.3 Å². The van der Waals surface area contributed by atoms with Crippen LogP contribution in [0.2, 0.25) is 0 Å². The topological polar surface area (TPSA) is 188 Å². The number of furan rings is 1. The highest BCUT2D eigenvalue weighted by Crippen LogP contribution is 2.31. The average molecular weight is 1040 g/mol. The third-order valence-electron chi connectivity index (χ3n) is 14.2. The number of ketones is 6. The highest BCUT2D eigenvalue weighted by molar-refractivity contribution is 7.09. The van der Waals surface area contributed by atoms with Crippen LogP contribution in [0.15, 0.2) is 57.2 Å². The highest BCUT2D eigenvalue weighted by atomic mass is 32.1. The molecule has 0 unspecified atom stereocenters. The molecule has 0 bridgehead atoms. The van der Waals surface area contributed by atoms with Gasteiger partial charge in [0.2, 0.25) is 0 Å². The van der Waals surface area contributed by atoms with Crippen molar-refractivity contribution in [3.05, 3.63) is 68.9 Å². The summed E-state index contributed by atoms with van der Waals surface area (Å²) in [6, 6.07) is 9.94. The van der Waals surface area contributed by atoms with E-state index in [4.69, 9.17) is 4.42 Å². The standard InChI is InChI=1S/C11H21NO.C10H19NO.C9H13NO2.2C9H13NOS.C9H17NO/c1-9(13)11(12-2)8-10-6-4-3-5-7-10;1-8(12)10(11-2)7-9-5-3-4-6-9;1-7(11)9(10-2)6-8-4-3-5-12-8;1-7(11)9(10-2)5-8-3-4-12-6-8;1-7(11)9(10-2)6-8-4-3-5-12-8;1-7(11)9(10-2)6-8-4-3-5-8/h10-12H,3-8H2,1-2H3;9-11H,3-7H2,1-2H3;3-5,9-10H,6H2,1-2H3;3-4,6,9-10H,5H2,1-2H3;3-5,9-10H,6H2,1-2H3;8-10H,3-6H2,1-2H3/t11-;10-;4*9-/m111111/s1. The van der Waals surface area contributed by atoms with Gasteiger partial charge in [-0.2, -0.15) is 11.3 Å². The molecule has 0 amide bonds. The molecule has 13 nitrogen and oxygen atoms in total. The van der Waals surface area contributed by atoms with Crippen molar-refractivity contribution >= 4 is 57.4 Å². The fourth-order valence-corrected chi connectivity index (χ4v) is 10.5. The summed E-state index contributed by atoms with van der Waals surface area (Å²) in [6.07, 6.45) is 23.1. The molecule has 0 radical (unpaired) electrons. The van der Waals surface area contributed by atoms with Gasteiger partial charge in [0.15, 0.2) is 0 Å². The summed E-state index contributed by atoms with van der Waals surface area (Å²) in [7, 11) is 11.0. The summed E-state index contributed by atoms with van der Waals surface area (Å²) >= 11 is 3.36. The molecule has 3 aromatic heterocycles. The molecule has 72 heavy (non-hydrogen) atoms. The van der Waals surface area contributed by atoms with Gasteiger partial charge < -0.3 is 36.3 Å². The van der Waals surface area contributed by atoms with E-state index in [0.717, 1.165) is 55.6 Å². The lowest BCUT2D eigenvalue weighted by Gasteiger charge is -2.28. The van der Waals surface area contributed by atoms with Gasteiger partial charge in [0.25, 0.3) is 0 Å². The number of carbonyl (C=O) groups excluding carboxylic acids is 6. The van der Waals surface area contributed by atoms with E-state index < -0.39 is 0 Å². The first-order valence-corrected chi connectivity index (χ1v) is 28.4. The van der Waals surface area contributed by atoms with Crippen LogP contribution in [0.25, 0.3) is 0 Å². The van der Waals surface area contributed by atoms with E-state index in [1.807, 2.05) is 64.2 Å². The maximum Gasteiger partial charge on any atom is 0.147 e. The van der Waals surface area contributed by atoms with Gasteiger partial charge >= 0.3 is 0 Å². The molecule has 3 aliphatic rings. The second kappa shape index (κ2) is 39.9. The number of thiophene rings is 2. The lowest BCUT2D eigenvalue weighted by Crippen LogP contribution is -2.35. The minimum atomic E-state index is -0.129. The van der Waals surface area contributed by atoms with Crippen LogP contribution < -0.4 is 31.9 Å². The molecule has 408 valence electrons. The lowest BCUT2D eigenvalue weighted by molar-refractivity contribution is -0.120. The van der Waals surface area contributed by atoms with Crippen molar-refractivity contribution in [3.63, 3.8) is 0 Å². The number of hydrogen-bond donors (Lipinski definition) is 6. The Hall–Kier alpha value is -3.54. The van der Waals surface area contributed by atoms with Crippen LogP contribution in [0.1, 0.15) is 154 Å². The van der Waals surface area contributed by atoms with Crippen molar-refractivity contribution in [2.24, 2.45) is 17.8 Å². The summed E-state index contributed by atoms with van der Waals surface area (Å²) in [6.45, 7) is 9.84. The highest BCUT2D eigenvalue weighted by Gasteiger charge is 2.24. The third-order valence-corrected chi connectivity index (χ3v) is 15.8. The number of carbonyl (C=O) groups is 6. The van der Waals surface area contributed by atoms with Gasteiger partial charge in [-0.1, -0.05) is 83.1 Å². The number of Topliss-reactive ketones (excluding diaryl/α,β-unsaturated/α-hetero) is 6. The van der Waals surface area contributed by atoms with Crippen LogP contribution in [0.4, 0.5) is 0 Å². The summed E-state index contributed by atoms with van der Waals surface area (Å²) in [4.78, 5) is 67.6. The Balaban J connectivity index is 0.000000432. The molecule has 3 saturated carbocycles. The molecular formula is C57H96N6O7S2. The van der Waals surface area contributed by atoms with Crippen molar-refractivity contribution in [2.45, 2.75) is 193 Å². The SMILES string of the molecule is CN[C@H](CC1CCC1)C(C)=O.CN[C@H](CC1CCCC1)C(C)=O.CN[C@H](CC1CCCCC1)C(C)=O.CN[C@H](Cc1ccco1)C(C)=O.CN[C@H](Cc1cccs1)C(C)=O.CN[C@H](Cc1ccsc1)C(C)=O. The Morgan fingerprint density at radius 2 is 0.861 bits per heavy atom. The largest absolute Gasteiger partial charge is 0.469 e. The second-order valence-electron chi connectivity index (χ2n) is 19.8. The molecule has 0 saturated heterocycles. The monoisotopic (exact) mass is 1040 g/mol. The zero-order chi connectivity index (χ0) is 53.8. The van der Waals surface area contributed by atoms with Gasteiger partial charge in [-0.3, -0.25) is 28.8 Å². The van der Waals surface area contributed by atoms with Crippen LogP contribution in [0.3, 0.4) is 0 Å². The fourth-order valence-electron chi connectivity index (χ4n) is 9.11. The van der Waals surface area contributed by atoms with E-state index in [1.54, 1.807) is 77.5 Å². The van der Waals surface area contributed by atoms with Crippen LogP contribution >= 0.6 is 22.7 Å². The van der Waals surface area contributed by atoms with Gasteiger partial charge in [-0.15, -0.1) is 11.3 Å².